The summed E-state index contributed by atoms with van der Waals surface area (Å²) >= 11 is 0. The molecule has 1 aliphatic carbocycles. The minimum absolute atomic E-state index is 0.0417. The fourth-order valence-corrected chi connectivity index (χ4v) is 3.01. The van der Waals surface area contributed by atoms with Crippen molar-refractivity contribution in [1.82, 2.24) is 0 Å². The van der Waals surface area contributed by atoms with Crippen LogP contribution in [0, 0.1) is 16.7 Å². The molecule has 0 aliphatic heterocycles. The van der Waals surface area contributed by atoms with Crippen LogP contribution in [0.5, 0.6) is 0 Å². The summed E-state index contributed by atoms with van der Waals surface area (Å²) in [6.45, 7) is 3.99. The third-order valence-electron chi connectivity index (χ3n) is 4.44. The van der Waals surface area contributed by atoms with Gasteiger partial charge in [-0.1, -0.05) is 13.8 Å². The molecule has 1 rings (SSSR count). The minimum Gasteiger partial charge on any atom is -0.481 e. The topological polar surface area (TPSA) is 97.7 Å². The third kappa shape index (κ3) is 2.72. The van der Waals surface area contributed by atoms with Crippen LogP contribution in [-0.4, -0.2) is 31.0 Å². The number of carbonyl (C=O) groups excluding carboxylic acids is 1. The lowest BCUT2D eigenvalue weighted by Crippen LogP contribution is -2.45. The van der Waals surface area contributed by atoms with Crippen LogP contribution in [0.1, 0.15) is 33.6 Å². The Kier molecular flexibility index (Phi) is 4.10. The number of carboxylic acid groups (broad SMARTS) is 1. The quantitative estimate of drug-likeness (QED) is 0.626. The molecule has 1 N–H and O–H groups in total. The van der Waals surface area contributed by atoms with E-state index in [0.717, 1.165) is 0 Å². The second-order valence-electron chi connectivity index (χ2n) is 5.75. The van der Waals surface area contributed by atoms with Crippen LogP contribution in [0.25, 0.3) is 0 Å². The first-order valence-electron chi connectivity index (χ1n) is 5.95. The minimum atomic E-state index is -6.06. The first kappa shape index (κ1) is 17.7. The number of aliphatic carboxylic acids is 1. The second-order valence-corrected chi connectivity index (χ2v) is 7.29. The fraction of sp³-hybridized carbons (Fsp3) is 0.818. The summed E-state index contributed by atoms with van der Waals surface area (Å²) in [5, 5.41) is 9.07. The molecule has 1 aliphatic rings. The maximum absolute atomic E-state index is 12.2. The van der Waals surface area contributed by atoms with Gasteiger partial charge >= 0.3 is 27.6 Å². The van der Waals surface area contributed by atoms with Crippen molar-refractivity contribution < 1.29 is 40.5 Å². The molecule has 0 bridgehead atoms. The normalized spacial score (nSPS) is 29.1. The SMILES string of the molecule is CC1(C(=O)OS(=O)(=O)C(F)(F)F)CCC(C(=O)O)C1(C)C. The largest absolute Gasteiger partial charge is 0.534 e. The number of carbonyl (C=O) groups is 2. The van der Waals surface area contributed by atoms with Crippen LogP contribution in [0.4, 0.5) is 13.2 Å². The highest BCUT2D eigenvalue weighted by Crippen LogP contribution is 2.56. The Bertz CT molecular complexity index is 565. The molecule has 1 fully saturated rings. The Morgan fingerprint density at radius 2 is 1.71 bits per heavy atom. The molecule has 1 saturated carbocycles. The lowest BCUT2D eigenvalue weighted by atomic mass is 9.66. The zero-order chi connectivity index (χ0) is 16.9. The van der Waals surface area contributed by atoms with E-state index in [1.807, 2.05) is 0 Å². The standard InChI is InChI=1S/C11H15F3O6S/c1-9(2)6(7(15)16)4-5-10(9,3)8(17)20-21(18,19)11(12,13)14/h6H,4-5H2,1-3H3,(H,15,16). The molecule has 0 heterocycles. The van der Waals surface area contributed by atoms with Gasteiger partial charge in [0.15, 0.2) is 0 Å². The van der Waals surface area contributed by atoms with Crippen molar-refractivity contribution >= 4 is 22.1 Å². The van der Waals surface area contributed by atoms with Crippen molar-refractivity contribution in [2.45, 2.75) is 39.1 Å². The van der Waals surface area contributed by atoms with E-state index < -0.39 is 44.3 Å². The molecule has 0 saturated heterocycles. The van der Waals surface area contributed by atoms with Crippen LogP contribution in [0.2, 0.25) is 0 Å². The zero-order valence-corrected chi connectivity index (χ0v) is 12.3. The van der Waals surface area contributed by atoms with Gasteiger partial charge in [0.2, 0.25) is 0 Å². The van der Waals surface area contributed by atoms with Gasteiger partial charge in [-0.05, 0) is 25.2 Å². The molecule has 0 aromatic rings. The predicted octanol–water partition coefficient (Wildman–Crippen LogP) is 1.91. The number of hydrogen-bond donors (Lipinski definition) is 1. The first-order valence-corrected chi connectivity index (χ1v) is 7.35. The summed E-state index contributed by atoms with van der Waals surface area (Å²) in [5.74, 6) is -3.77. The number of rotatable bonds is 3. The van der Waals surface area contributed by atoms with Crippen molar-refractivity contribution in [3.8, 4) is 0 Å². The maximum Gasteiger partial charge on any atom is 0.534 e. The van der Waals surface area contributed by atoms with Gasteiger partial charge in [0, 0.05) is 0 Å². The fourth-order valence-electron chi connectivity index (χ4n) is 2.54. The summed E-state index contributed by atoms with van der Waals surface area (Å²) < 4.78 is 62.2. The Balaban J connectivity index is 3.11. The Morgan fingerprint density at radius 3 is 2.05 bits per heavy atom. The van der Waals surface area contributed by atoms with E-state index in [1.165, 1.54) is 20.8 Å². The molecule has 0 spiro atoms. The highest BCUT2D eigenvalue weighted by molar-refractivity contribution is 7.88. The van der Waals surface area contributed by atoms with E-state index in [1.54, 1.807) is 0 Å². The van der Waals surface area contributed by atoms with Crippen LogP contribution in [0.3, 0.4) is 0 Å². The van der Waals surface area contributed by atoms with Crippen LogP contribution < -0.4 is 0 Å². The monoisotopic (exact) mass is 332 g/mol. The summed E-state index contributed by atoms with van der Waals surface area (Å²) in [5.41, 5.74) is -8.61. The van der Waals surface area contributed by atoms with E-state index in [0.29, 0.717) is 0 Å². The molecular weight excluding hydrogens is 317 g/mol. The zero-order valence-electron chi connectivity index (χ0n) is 11.5. The number of halogens is 3. The van der Waals surface area contributed by atoms with Crippen molar-refractivity contribution in [3.05, 3.63) is 0 Å². The molecule has 6 nitrogen and oxygen atoms in total. The molecule has 2 unspecified atom stereocenters. The molecule has 122 valence electrons. The molecule has 10 heteroatoms. The molecule has 21 heavy (non-hydrogen) atoms. The van der Waals surface area contributed by atoms with Crippen molar-refractivity contribution in [2.24, 2.45) is 16.7 Å². The van der Waals surface area contributed by atoms with E-state index >= 15 is 0 Å². The molecule has 0 aromatic heterocycles. The van der Waals surface area contributed by atoms with Gasteiger partial charge in [0.05, 0.1) is 11.3 Å². The average molecular weight is 332 g/mol. The van der Waals surface area contributed by atoms with Gasteiger partial charge in [0.1, 0.15) is 0 Å². The van der Waals surface area contributed by atoms with Crippen molar-refractivity contribution in [3.63, 3.8) is 0 Å². The van der Waals surface area contributed by atoms with E-state index in [4.69, 9.17) is 5.11 Å². The van der Waals surface area contributed by atoms with Crippen LogP contribution >= 0.6 is 0 Å². The highest BCUT2D eigenvalue weighted by Gasteiger charge is 2.61. The van der Waals surface area contributed by atoms with Gasteiger partial charge in [-0.3, -0.25) is 9.59 Å². The molecule has 0 aromatic carbocycles. The van der Waals surface area contributed by atoms with E-state index in [2.05, 4.69) is 4.18 Å². The number of hydrogen-bond acceptors (Lipinski definition) is 5. The second kappa shape index (κ2) is 4.85. The van der Waals surface area contributed by atoms with Gasteiger partial charge < -0.3 is 9.29 Å². The van der Waals surface area contributed by atoms with E-state index in [9.17, 15) is 31.2 Å². The first-order chi connectivity index (χ1) is 9.17. The predicted molar refractivity (Wildman–Crippen MR) is 63.3 cm³/mol. The molecular formula is C11H15F3O6S. The van der Waals surface area contributed by atoms with Gasteiger partial charge in [-0.2, -0.15) is 21.6 Å². The summed E-state index contributed by atoms with van der Waals surface area (Å²) in [7, 11) is -6.06. The van der Waals surface area contributed by atoms with Gasteiger partial charge in [-0.25, -0.2) is 0 Å². The highest BCUT2D eigenvalue weighted by atomic mass is 32.2. The Morgan fingerprint density at radius 1 is 1.24 bits per heavy atom. The average Bonchev–Trinajstić information content (AvgIpc) is 2.48. The molecule has 0 radical (unpaired) electrons. The van der Waals surface area contributed by atoms with E-state index in [-0.39, 0.29) is 12.8 Å². The summed E-state index contributed by atoms with van der Waals surface area (Å²) in [6, 6.07) is 0. The Labute approximate surface area is 119 Å². The lowest BCUT2D eigenvalue weighted by molar-refractivity contribution is -0.156. The van der Waals surface area contributed by atoms with Crippen molar-refractivity contribution in [2.75, 3.05) is 0 Å². The third-order valence-corrected chi connectivity index (χ3v) is 5.38. The Hall–Kier alpha value is -1.32. The van der Waals surface area contributed by atoms with Crippen LogP contribution in [-0.2, 0) is 23.9 Å². The number of alkyl halides is 3. The molecule has 2 atom stereocenters. The summed E-state index contributed by atoms with van der Waals surface area (Å²) in [4.78, 5) is 23.0. The summed E-state index contributed by atoms with van der Waals surface area (Å²) in [6.07, 6.45) is -0.0385. The number of carboxylic acids is 1. The van der Waals surface area contributed by atoms with Gasteiger partial charge in [-0.15, -0.1) is 0 Å². The van der Waals surface area contributed by atoms with Crippen LogP contribution in [0.15, 0.2) is 0 Å². The molecule has 0 amide bonds. The smallest absolute Gasteiger partial charge is 0.481 e. The van der Waals surface area contributed by atoms with Crippen molar-refractivity contribution in [1.29, 1.82) is 0 Å². The maximum atomic E-state index is 12.2. The van der Waals surface area contributed by atoms with Gasteiger partial charge in [0.25, 0.3) is 0 Å². The lowest BCUT2D eigenvalue weighted by Gasteiger charge is -2.37.